The van der Waals surface area contributed by atoms with E-state index in [0.29, 0.717) is 0 Å². The summed E-state index contributed by atoms with van der Waals surface area (Å²) in [5.41, 5.74) is 10.6. The predicted molar refractivity (Wildman–Crippen MR) is 152 cm³/mol. The quantitative estimate of drug-likeness (QED) is 0.0429. The largest absolute Gasteiger partial charge is 0.337 e. The maximum Gasteiger partial charge on any atom is 0.337 e. The molecule has 0 saturated heterocycles. The smallest absolute Gasteiger partial charge is 0.324 e. The molecule has 0 aliphatic rings. The predicted octanol–water partition coefficient (Wildman–Crippen LogP) is -2.22. The average Bonchev–Trinajstić information content (AvgIpc) is 2.50. The van der Waals surface area contributed by atoms with Crippen LogP contribution in [0.1, 0.15) is 19.3 Å². The van der Waals surface area contributed by atoms with Crippen molar-refractivity contribution in [2.45, 2.75) is 25.4 Å². The van der Waals surface area contributed by atoms with Gasteiger partial charge in [0.25, 0.3) is 0 Å². The van der Waals surface area contributed by atoms with E-state index in [-0.39, 0.29) is 6.17 Å². The summed E-state index contributed by atoms with van der Waals surface area (Å²) in [6.45, 7) is 3.58. The van der Waals surface area contributed by atoms with Crippen molar-refractivity contribution in [1.29, 1.82) is 0 Å². The molecular formula is C10H38N2O24P8. The molecule has 0 aromatic rings. The Bertz CT molecular complexity index is 939. The zero-order valence-electron chi connectivity index (χ0n) is 22.0. The van der Waals surface area contributed by atoms with Gasteiger partial charge in [-0.3, -0.25) is 36.5 Å². The van der Waals surface area contributed by atoms with Crippen LogP contribution in [0, 0.1) is 0 Å². The van der Waals surface area contributed by atoms with Gasteiger partial charge in [-0.1, -0.05) is 6.08 Å². The van der Waals surface area contributed by atoms with Gasteiger partial charge in [0.2, 0.25) is 0 Å². The topological polar surface area (TPSA) is 512 Å². The van der Waals surface area contributed by atoms with Crippen LogP contribution in [0.5, 0.6) is 0 Å². The minimum Gasteiger partial charge on any atom is -0.324 e. The molecule has 0 bridgehead atoms. The molecule has 0 fully saturated rings. The second kappa shape index (κ2) is 22.5. The van der Waals surface area contributed by atoms with Gasteiger partial charge in [-0.25, -0.2) is 0 Å². The van der Waals surface area contributed by atoms with Crippen LogP contribution in [0.2, 0.25) is 0 Å². The molecule has 0 saturated carbocycles. The fourth-order valence-electron chi connectivity index (χ4n) is 1.46. The Labute approximate surface area is 248 Å². The van der Waals surface area contributed by atoms with Crippen LogP contribution in [0.3, 0.4) is 0 Å². The minimum atomic E-state index is -4.55. The lowest BCUT2D eigenvalue weighted by atomic mass is 10.2. The van der Waals surface area contributed by atoms with Gasteiger partial charge in [-0.2, -0.15) is 0 Å². The first kappa shape index (κ1) is 54.3. The minimum absolute atomic E-state index is 0.144. The highest BCUT2D eigenvalue weighted by Crippen LogP contribution is 2.53. The normalized spacial score (nSPS) is 13.1. The first-order valence-electron chi connectivity index (χ1n) is 10.1. The van der Waals surface area contributed by atoms with Crippen molar-refractivity contribution in [3.8, 4) is 0 Å². The summed E-state index contributed by atoms with van der Waals surface area (Å²) in [6, 6.07) is 0. The van der Waals surface area contributed by atoms with Crippen molar-refractivity contribution in [3.05, 3.63) is 12.7 Å². The molecule has 26 nitrogen and oxygen atoms in total. The van der Waals surface area contributed by atoms with Gasteiger partial charge in [0.05, 0.1) is 6.17 Å². The van der Waals surface area contributed by atoms with E-state index in [1.54, 1.807) is 0 Å². The Balaban J connectivity index is -0.000000144. The summed E-state index contributed by atoms with van der Waals surface area (Å²) in [6.07, 6.45) is 4.70. The van der Waals surface area contributed by atoms with E-state index in [0.717, 1.165) is 19.3 Å². The van der Waals surface area contributed by atoms with Crippen molar-refractivity contribution in [1.82, 2.24) is 0 Å². The van der Waals surface area contributed by atoms with Gasteiger partial charge in [0, 0.05) is 0 Å². The number of hydrogen-bond donors (Lipinski definition) is 18. The van der Waals surface area contributed by atoms with Crippen LogP contribution in [0.4, 0.5) is 0 Å². The van der Waals surface area contributed by atoms with Crippen LogP contribution < -0.4 is 11.5 Å². The molecule has 272 valence electrons. The maximum atomic E-state index is 9.85. The highest BCUT2D eigenvalue weighted by Gasteiger charge is 2.28. The van der Waals surface area contributed by atoms with Gasteiger partial charge in [0.15, 0.2) is 23.6 Å². The lowest BCUT2D eigenvalue weighted by Crippen LogP contribution is -2.29. The molecule has 0 heterocycles. The lowest BCUT2D eigenvalue weighted by molar-refractivity contribution is 0.352. The van der Waals surface area contributed by atoms with Crippen molar-refractivity contribution < 1.29 is 115 Å². The Hall–Kier alpha value is 0.860. The molecule has 0 amide bonds. The van der Waals surface area contributed by atoms with Crippen LogP contribution in [-0.2, 0) is 36.5 Å². The molecule has 0 aromatic heterocycles. The number of unbranched alkanes of at least 4 members (excludes halogenated alkanes) is 1. The van der Waals surface area contributed by atoms with Crippen LogP contribution in [-0.4, -0.2) is 108 Å². The molecule has 20 N–H and O–H groups in total. The number of nitrogens with two attached hydrogens (primary N) is 2. The second-order valence-electron chi connectivity index (χ2n) is 7.77. The summed E-state index contributed by atoms with van der Waals surface area (Å²) in [7, 11) is -36.4. The molecule has 0 aliphatic heterocycles. The molecule has 0 aromatic carbocycles. The summed E-state index contributed by atoms with van der Waals surface area (Å²) in [5, 5.41) is 0. The molecule has 0 radical (unpaired) electrons. The van der Waals surface area contributed by atoms with E-state index in [1.807, 2.05) is 6.08 Å². The van der Waals surface area contributed by atoms with Crippen molar-refractivity contribution in [3.63, 3.8) is 0 Å². The number of rotatable bonds is 12. The fraction of sp³-hybridized carbons (Fsp3) is 0.800. The fourth-order valence-corrected chi connectivity index (χ4v) is 9.14. The van der Waals surface area contributed by atoms with Crippen LogP contribution in [0.25, 0.3) is 0 Å². The zero-order valence-corrected chi connectivity index (χ0v) is 29.1. The molecule has 0 spiro atoms. The van der Waals surface area contributed by atoms with E-state index in [2.05, 4.69) is 6.58 Å². The molecule has 34 heteroatoms. The molecule has 0 aliphatic carbocycles. The number of allylic oxidation sites excluding steroid dienone is 1. The Morgan fingerprint density at radius 3 is 0.659 bits per heavy atom. The SMILES string of the molecule is C=CCCCC(N)N.O=P(O)(O)CP(=O)(O)O.O=P(O)(O)CP(=O)(O)O.O=P(O)(O)CP(=O)(O)O.O=P(O)(O)CP(=O)(O)O. The summed E-state index contributed by atoms with van der Waals surface area (Å²) in [5.74, 6) is -5.50. The van der Waals surface area contributed by atoms with Crippen molar-refractivity contribution in [2.75, 3.05) is 23.6 Å². The Morgan fingerprint density at radius 2 is 0.591 bits per heavy atom. The first-order chi connectivity index (χ1) is 18.6. The third-order valence-electron chi connectivity index (χ3n) is 2.42. The molecule has 44 heavy (non-hydrogen) atoms. The van der Waals surface area contributed by atoms with Gasteiger partial charge in [-0.15, -0.1) is 6.58 Å². The Morgan fingerprint density at radius 1 is 0.432 bits per heavy atom. The molecule has 0 rings (SSSR count). The van der Waals surface area contributed by atoms with E-state index in [4.69, 9.17) is 89.8 Å². The summed E-state index contributed by atoms with van der Waals surface area (Å²) < 4.78 is 78.8. The summed E-state index contributed by atoms with van der Waals surface area (Å²) >= 11 is 0. The third kappa shape index (κ3) is 84.2. The molecule has 0 atom stereocenters. The molecule has 0 unspecified atom stereocenters. The van der Waals surface area contributed by atoms with Crippen LogP contribution in [0.15, 0.2) is 12.7 Å². The standard InChI is InChI=1S/C6H14N2.4CH6O6P2/c1-2-3-4-5-6(7)8;4*2-8(3,4)1-9(5,6)7/h2,6H,1,3-5,7-8H2;4*1H2,(H2,2,3,4)(H2,5,6,7). The maximum absolute atomic E-state index is 9.85. The molecular weight excluding hydrogens is 780 g/mol. The summed E-state index contributed by atoms with van der Waals surface area (Å²) in [4.78, 5) is 128. The van der Waals surface area contributed by atoms with Crippen molar-refractivity contribution in [2.24, 2.45) is 11.5 Å². The van der Waals surface area contributed by atoms with E-state index in [9.17, 15) is 36.5 Å². The monoisotopic (exact) mass is 818 g/mol. The highest BCUT2D eigenvalue weighted by molar-refractivity contribution is 7.70. The third-order valence-corrected chi connectivity index (χ3v) is 14.2. The average molecular weight is 818 g/mol. The Kier molecular flexibility index (Phi) is 27.8. The van der Waals surface area contributed by atoms with Gasteiger partial charge in [0.1, 0.15) is 0 Å². The number of hydrogen-bond acceptors (Lipinski definition) is 10. The van der Waals surface area contributed by atoms with E-state index < -0.39 is 84.4 Å². The van der Waals surface area contributed by atoms with E-state index >= 15 is 0 Å². The van der Waals surface area contributed by atoms with Crippen molar-refractivity contribution >= 4 is 60.8 Å². The highest BCUT2D eigenvalue weighted by atomic mass is 31.3. The van der Waals surface area contributed by atoms with Crippen LogP contribution >= 0.6 is 60.8 Å². The first-order valence-corrected chi connectivity index (χ1v) is 24.5. The van der Waals surface area contributed by atoms with Gasteiger partial charge in [-0.05, 0) is 19.3 Å². The van der Waals surface area contributed by atoms with E-state index in [1.165, 1.54) is 0 Å². The zero-order chi connectivity index (χ0) is 37.2. The lowest BCUT2D eigenvalue weighted by Gasteiger charge is -2.03. The second-order valence-corrected chi connectivity index (χ2v) is 22.9. The van der Waals surface area contributed by atoms with Gasteiger partial charge >= 0.3 is 60.8 Å². The van der Waals surface area contributed by atoms with Gasteiger partial charge < -0.3 is 89.8 Å².